The van der Waals surface area contributed by atoms with Gasteiger partial charge in [-0.2, -0.15) is 0 Å². The number of nitrogens with zero attached hydrogens (tertiary/aromatic N) is 2. The van der Waals surface area contributed by atoms with Crippen molar-refractivity contribution in [3.63, 3.8) is 0 Å². The summed E-state index contributed by atoms with van der Waals surface area (Å²) in [5.74, 6) is 7.10. The van der Waals surface area contributed by atoms with Crippen LogP contribution in [0.2, 0.25) is 0 Å². The fourth-order valence-electron chi connectivity index (χ4n) is 2.16. The van der Waals surface area contributed by atoms with E-state index in [0.717, 1.165) is 18.4 Å². The fraction of sp³-hybridized carbons (Fsp3) is 0.909. The highest BCUT2D eigenvalue weighted by Crippen LogP contribution is 2.25. The van der Waals surface area contributed by atoms with Crippen molar-refractivity contribution >= 4 is 5.96 Å². The van der Waals surface area contributed by atoms with Gasteiger partial charge in [0.2, 0.25) is 5.96 Å². The molecule has 0 spiro atoms. The van der Waals surface area contributed by atoms with Crippen LogP contribution in [-0.4, -0.2) is 30.5 Å². The van der Waals surface area contributed by atoms with E-state index in [-0.39, 0.29) is 6.04 Å². The van der Waals surface area contributed by atoms with Crippen molar-refractivity contribution in [3.05, 3.63) is 0 Å². The minimum Gasteiger partial charge on any atom is -0.345 e. The number of aliphatic imine (C=N–C) groups is 1. The number of guanidine groups is 1. The van der Waals surface area contributed by atoms with Crippen molar-refractivity contribution in [2.45, 2.75) is 45.6 Å². The monoisotopic (exact) mass is 212 g/mol. The van der Waals surface area contributed by atoms with Gasteiger partial charge in [0.25, 0.3) is 0 Å². The third-order valence-corrected chi connectivity index (χ3v) is 2.88. The van der Waals surface area contributed by atoms with Crippen LogP contribution in [0, 0.1) is 5.92 Å². The van der Waals surface area contributed by atoms with Crippen molar-refractivity contribution in [1.29, 1.82) is 0 Å². The van der Waals surface area contributed by atoms with Gasteiger partial charge in [-0.05, 0) is 32.6 Å². The van der Waals surface area contributed by atoms with E-state index < -0.39 is 0 Å². The average Bonchev–Trinajstić information content (AvgIpc) is 2.66. The molecular formula is C11H24N4. The highest BCUT2D eigenvalue weighted by atomic mass is 15.4. The minimum absolute atomic E-state index is 0.280. The third kappa shape index (κ3) is 4.08. The van der Waals surface area contributed by atoms with Gasteiger partial charge >= 0.3 is 0 Å². The molecule has 0 atom stereocenters. The Bertz CT molecular complexity index is 207. The van der Waals surface area contributed by atoms with Gasteiger partial charge in [-0.3, -0.25) is 5.43 Å². The van der Waals surface area contributed by atoms with E-state index in [2.05, 4.69) is 36.2 Å². The van der Waals surface area contributed by atoms with E-state index in [0.29, 0.717) is 0 Å². The van der Waals surface area contributed by atoms with Crippen LogP contribution >= 0.6 is 0 Å². The molecule has 1 aliphatic carbocycles. The Morgan fingerprint density at radius 1 is 1.47 bits per heavy atom. The summed E-state index contributed by atoms with van der Waals surface area (Å²) in [5.41, 5.74) is 2.68. The van der Waals surface area contributed by atoms with Gasteiger partial charge in [-0.25, -0.2) is 10.8 Å². The summed E-state index contributed by atoms with van der Waals surface area (Å²) in [6.45, 7) is 5.18. The maximum absolute atomic E-state index is 5.47. The van der Waals surface area contributed by atoms with Crippen LogP contribution in [0.3, 0.4) is 0 Å². The highest BCUT2D eigenvalue weighted by molar-refractivity contribution is 5.79. The number of hydrazine groups is 1. The number of hydrogen-bond acceptors (Lipinski definition) is 2. The number of rotatable bonds is 3. The van der Waals surface area contributed by atoms with Crippen LogP contribution in [-0.2, 0) is 0 Å². The largest absolute Gasteiger partial charge is 0.345 e. The molecule has 1 aliphatic rings. The molecule has 0 heterocycles. The summed E-state index contributed by atoms with van der Waals surface area (Å²) in [6, 6.07) is 0.280. The second kappa shape index (κ2) is 5.95. The van der Waals surface area contributed by atoms with Gasteiger partial charge in [0, 0.05) is 19.6 Å². The topological polar surface area (TPSA) is 53.6 Å². The molecular weight excluding hydrogens is 188 g/mol. The zero-order valence-corrected chi connectivity index (χ0v) is 10.2. The Balaban J connectivity index is 2.45. The van der Waals surface area contributed by atoms with Crippen molar-refractivity contribution in [1.82, 2.24) is 10.3 Å². The zero-order chi connectivity index (χ0) is 11.3. The molecule has 3 N–H and O–H groups in total. The standard InChI is InChI=1S/C11H24N4/c1-9(2)13-11(14-12)15(3)8-10-6-4-5-7-10/h9-10H,4-8,12H2,1-3H3,(H,13,14). The van der Waals surface area contributed by atoms with E-state index in [1.54, 1.807) is 0 Å². The number of nitrogens with one attached hydrogen (secondary N) is 1. The van der Waals surface area contributed by atoms with E-state index in [1.807, 2.05) is 0 Å². The van der Waals surface area contributed by atoms with Gasteiger partial charge in [0.15, 0.2) is 0 Å². The van der Waals surface area contributed by atoms with Gasteiger partial charge < -0.3 is 4.90 Å². The van der Waals surface area contributed by atoms with Crippen molar-refractivity contribution in [3.8, 4) is 0 Å². The third-order valence-electron chi connectivity index (χ3n) is 2.88. The number of hydrogen-bond donors (Lipinski definition) is 2. The second-order valence-corrected chi connectivity index (χ2v) is 4.72. The molecule has 1 saturated carbocycles. The van der Waals surface area contributed by atoms with Gasteiger partial charge in [-0.1, -0.05) is 12.8 Å². The molecule has 0 radical (unpaired) electrons. The Morgan fingerprint density at radius 3 is 2.53 bits per heavy atom. The van der Waals surface area contributed by atoms with Crippen molar-refractivity contribution in [2.75, 3.05) is 13.6 Å². The Hall–Kier alpha value is -0.770. The lowest BCUT2D eigenvalue weighted by atomic mass is 10.1. The summed E-state index contributed by atoms with van der Waals surface area (Å²) in [4.78, 5) is 6.58. The quantitative estimate of drug-likeness (QED) is 0.321. The summed E-state index contributed by atoms with van der Waals surface area (Å²) in [7, 11) is 2.05. The Morgan fingerprint density at radius 2 is 2.07 bits per heavy atom. The predicted octanol–water partition coefficient (Wildman–Crippen LogP) is 1.34. The smallest absolute Gasteiger partial charge is 0.208 e. The lowest BCUT2D eigenvalue weighted by Crippen LogP contribution is -2.44. The maximum atomic E-state index is 5.47. The number of nitrogens with two attached hydrogens (primary N) is 1. The van der Waals surface area contributed by atoms with Crippen LogP contribution in [0.15, 0.2) is 4.99 Å². The second-order valence-electron chi connectivity index (χ2n) is 4.72. The Kier molecular flexibility index (Phi) is 4.88. The molecule has 0 saturated heterocycles. The molecule has 15 heavy (non-hydrogen) atoms. The Labute approximate surface area is 92.9 Å². The van der Waals surface area contributed by atoms with E-state index in [9.17, 15) is 0 Å². The molecule has 0 unspecified atom stereocenters. The first-order valence-electron chi connectivity index (χ1n) is 5.89. The molecule has 0 aromatic heterocycles. The summed E-state index contributed by atoms with van der Waals surface area (Å²) >= 11 is 0. The summed E-state index contributed by atoms with van der Waals surface area (Å²) in [6.07, 6.45) is 5.46. The molecule has 4 nitrogen and oxygen atoms in total. The van der Waals surface area contributed by atoms with Crippen LogP contribution in [0.4, 0.5) is 0 Å². The van der Waals surface area contributed by atoms with Crippen LogP contribution in [0.25, 0.3) is 0 Å². The SMILES string of the molecule is CC(C)N=C(NN)N(C)CC1CCCC1. The normalized spacial score (nSPS) is 18.6. The molecule has 1 fully saturated rings. The van der Waals surface area contributed by atoms with Crippen molar-refractivity contribution < 1.29 is 0 Å². The summed E-state index contributed by atoms with van der Waals surface area (Å²) < 4.78 is 0. The van der Waals surface area contributed by atoms with Gasteiger partial charge in [-0.15, -0.1) is 0 Å². The average molecular weight is 212 g/mol. The predicted molar refractivity (Wildman–Crippen MR) is 64.5 cm³/mol. The van der Waals surface area contributed by atoms with Gasteiger partial charge in [0.1, 0.15) is 0 Å². The van der Waals surface area contributed by atoms with E-state index in [1.165, 1.54) is 25.7 Å². The molecule has 0 aliphatic heterocycles. The first-order chi connectivity index (χ1) is 7.13. The minimum atomic E-state index is 0.280. The molecule has 4 heteroatoms. The first-order valence-corrected chi connectivity index (χ1v) is 5.89. The van der Waals surface area contributed by atoms with Crippen LogP contribution in [0.5, 0.6) is 0 Å². The maximum Gasteiger partial charge on any atom is 0.208 e. The molecule has 0 aromatic carbocycles. The lowest BCUT2D eigenvalue weighted by Gasteiger charge is -2.24. The molecule has 88 valence electrons. The summed E-state index contributed by atoms with van der Waals surface area (Å²) in [5, 5.41) is 0. The van der Waals surface area contributed by atoms with Crippen LogP contribution < -0.4 is 11.3 Å². The van der Waals surface area contributed by atoms with E-state index in [4.69, 9.17) is 5.84 Å². The van der Waals surface area contributed by atoms with E-state index >= 15 is 0 Å². The van der Waals surface area contributed by atoms with Gasteiger partial charge in [0.05, 0.1) is 0 Å². The molecule has 0 bridgehead atoms. The first kappa shape index (κ1) is 12.3. The molecule has 1 rings (SSSR count). The lowest BCUT2D eigenvalue weighted by molar-refractivity contribution is 0.377. The van der Waals surface area contributed by atoms with Crippen molar-refractivity contribution in [2.24, 2.45) is 16.8 Å². The van der Waals surface area contributed by atoms with Crippen LogP contribution in [0.1, 0.15) is 39.5 Å². The molecule has 0 aromatic rings. The fourth-order valence-corrected chi connectivity index (χ4v) is 2.16. The zero-order valence-electron chi connectivity index (χ0n) is 10.2. The molecule has 0 amide bonds. The highest BCUT2D eigenvalue weighted by Gasteiger charge is 2.18.